The smallest absolute Gasteiger partial charge is 0.194 e. The second kappa shape index (κ2) is 12.3. The highest BCUT2D eigenvalue weighted by Gasteiger charge is 2.28. The van der Waals surface area contributed by atoms with Gasteiger partial charge in [-0.05, 0) is 37.5 Å². The summed E-state index contributed by atoms with van der Waals surface area (Å²) in [5, 5.41) is 13.6. The lowest BCUT2D eigenvalue weighted by Gasteiger charge is -2.38. The maximum atomic E-state index is 10.2. The van der Waals surface area contributed by atoms with Crippen LogP contribution < -0.4 is 10.2 Å². The van der Waals surface area contributed by atoms with Gasteiger partial charge in [0.15, 0.2) is 5.96 Å². The molecule has 2 aromatic rings. The third-order valence-corrected chi connectivity index (χ3v) is 6.18. The van der Waals surface area contributed by atoms with Crippen molar-refractivity contribution in [2.75, 3.05) is 50.8 Å². The molecule has 7 heteroatoms. The summed E-state index contributed by atoms with van der Waals surface area (Å²) in [6.07, 6.45) is 2.36. The van der Waals surface area contributed by atoms with Crippen LogP contribution in [0.5, 0.6) is 5.75 Å². The van der Waals surface area contributed by atoms with Crippen molar-refractivity contribution in [1.29, 1.82) is 0 Å². The monoisotopic (exact) mass is 550 g/mol. The van der Waals surface area contributed by atoms with Crippen molar-refractivity contribution in [3.05, 3.63) is 60.2 Å². The third kappa shape index (κ3) is 6.07. The van der Waals surface area contributed by atoms with Crippen molar-refractivity contribution in [2.45, 2.75) is 25.9 Å². The van der Waals surface area contributed by atoms with Crippen LogP contribution in [0.2, 0.25) is 0 Å². The van der Waals surface area contributed by atoms with E-state index in [-0.39, 0.29) is 30.1 Å². The SMILES string of the molecule is CCNC(=NCC1CCCOC1c1ccccc1)N1CCN(c2ccccc2O)CC1.I. The maximum absolute atomic E-state index is 10.2. The number of piperazine rings is 1. The fraction of sp³-hybridized carbons (Fsp3) is 0.480. The van der Waals surface area contributed by atoms with E-state index in [4.69, 9.17) is 9.73 Å². The van der Waals surface area contributed by atoms with E-state index in [9.17, 15) is 5.11 Å². The van der Waals surface area contributed by atoms with Crippen molar-refractivity contribution < 1.29 is 9.84 Å². The number of benzene rings is 2. The van der Waals surface area contributed by atoms with Crippen LogP contribution in [0.1, 0.15) is 31.4 Å². The topological polar surface area (TPSA) is 60.3 Å². The summed E-state index contributed by atoms with van der Waals surface area (Å²) in [7, 11) is 0. The first-order valence-corrected chi connectivity index (χ1v) is 11.5. The quantitative estimate of drug-likeness (QED) is 0.331. The zero-order valence-corrected chi connectivity index (χ0v) is 21.2. The number of nitrogens with zero attached hydrogens (tertiary/aromatic N) is 3. The third-order valence-electron chi connectivity index (χ3n) is 6.18. The minimum Gasteiger partial charge on any atom is -0.506 e. The molecule has 0 amide bonds. The predicted octanol–water partition coefficient (Wildman–Crippen LogP) is 4.27. The summed E-state index contributed by atoms with van der Waals surface area (Å²) < 4.78 is 6.16. The van der Waals surface area contributed by atoms with E-state index >= 15 is 0 Å². The number of aromatic hydroxyl groups is 1. The number of phenolic OH excluding ortho intramolecular Hbond substituents is 1. The molecule has 2 heterocycles. The summed E-state index contributed by atoms with van der Waals surface area (Å²) in [6.45, 7) is 8.04. The lowest BCUT2D eigenvalue weighted by Crippen LogP contribution is -2.52. The average molecular weight is 550 g/mol. The Morgan fingerprint density at radius 2 is 1.78 bits per heavy atom. The first-order chi connectivity index (χ1) is 15.3. The number of phenols is 1. The van der Waals surface area contributed by atoms with Crippen molar-refractivity contribution in [2.24, 2.45) is 10.9 Å². The van der Waals surface area contributed by atoms with Crippen LogP contribution >= 0.6 is 24.0 Å². The number of halogens is 1. The largest absolute Gasteiger partial charge is 0.506 e. The number of anilines is 1. The Labute approximate surface area is 208 Å². The molecule has 0 bridgehead atoms. The zero-order valence-electron chi connectivity index (χ0n) is 18.8. The Hall–Kier alpha value is -2.00. The molecular formula is C25H35IN4O2. The van der Waals surface area contributed by atoms with Crippen LogP contribution in [0.4, 0.5) is 5.69 Å². The molecule has 32 heavy (non-hydrogen) atoms. The molecule has 174 valence electrons. The van der Waals surface area contributed by atoms with E-state index in [0.29, 0.717) is 11.7 Å². The number of hydrogen-bond acceptors (Lipinski definition) is 4. The van der Waals surface area contributed by atoms with Gasteiger partial charge in [-0.2, -0.15) is 0 Å². The molecule has 0 aliphatic carbocycles. The second-order valence-corrected chi connectivity index (χ2v) is 8.26. The van der Waals surface area contributed by atoms with E-state index in [2.05, 4.69) is 52.4 Å². The van der Waals surface area contributed by atoms with Gasteiger partial charge in [0.2, 0.25) is 0 Å². The lowest BCUT2D eigenvalue weighted by molar-refractivity contribution is -0.0250. The van der Waals surface area contributed by atoms with Crippen LogP contribution in [0.15, 0.2) is 59.6 Å². The van der Waals surface area contributed by atoms with E-state index in [0.717, 1.165) is 70.4 Å². The van der Waals surface area contributed by atoms with Crippen molar-refractivity contribution >= 4 is 35.6 Å². The van der Waals surface area contributed by atoms with Crippen LogP contribution in [-0.2, 0) is 4.74 Å². The fourth-order valence-electron chi connectivity index (χ4n) is 4.56. The number of rotatable bonds is 5. The molecule has 2 saturated heterocycles. The van der Waals surface area contributed by atoms with Gasteiger partial charge in [0.05, 0.1) is 11.8 Å². The molecule has 0 radical (unpaired) electrons. The van der Waals surface area contributed by atoms with E-state index in [1.54, 1.807) is 6.07 Å². The Morgan fingerprint density at radius 3 is 2.50 bits per heavy atom. The normalized spacial score (nSPS) is 21.7. The molecule has 0 aromatic heterocycles. The number of guanidine groups is 1. The Bertz CT molecular complexity index is 856. The van der Waals surface area contributed by atoms with E-state index in [1.807, 2.05) is 18.2 Å². The first kappa shape index (κ1) is 24.6. The molecule has 2 fully saturated rings. The van der Waals surface area contributed by atoms with Crippen LogP contribution in [-0.4, -0.2) is 61.8 Å². The van der Waals surface area contributed by atoms with Crippen LogP contribution in [0.25, 0.3) is 0 Å². The molecule has 2 aromatic carbocycles. The van der Waals surface area contributed by atoms with Gasteiger partial charge in [0.25, 0.3) is 0 Å². The average Bonchev–Trinajstić information content (AvgIpc) is 2.83. The van der Waals surface area contributed by atoms with Gasteiger partial charge in [-0.3, -0.25) is 4.99 Å². The summed E-state index contributed by atoms with van der Waals surface area (Å²) >= 11 is 0. The molecule has 2 aliphatic rings. The summed E-state index contributed by atoms with van der Waals surface area (Å²) in [4.78, 5) is 9.62. The minimum atomic E-state index is 0. The van der Waals surface area contributed by atoms with Gasteiger partial charge in [-0.15, -0.1) is 24.0 Å². The molecule has 2 unspecified atom stereocenters. The number of nitrogens with one attached hydrogen (secondary N) is 1. The molecule has 2 aliphatic heterocycles. The number of aliphatic imine (C=N–C) groups is 1. The van der Waals surface area contributed by atoms with Gasteiger partial charge >= 0.3 is 0 Å². The van der Waals surface area contributed by atoms with Gasteiger partial charge in [0.1, 0.15) is 5.75 Å². The summed E-state index contributed by atoms with van der Waals surface area (Å²) in [5.74, 6) is 1.73. The molecular weight excluding hydrogens is 515 g/mol. The highest BCUT2D eigenvalue weighted by atomic mass is 127. The van der Waals surface area contributed by atoms with Gasteiger partial charge in [-0.25, -0.2) is 0 Å². The van der Waals surface area contributed by atoms with Gasteiger partial charge in [-0.1, -0.05) is 42.5 Å². The van der Waals surface area contributed by atoms with Crippen molar-refractivity contribution in [1.82, 2.24) is 10.2 Å². The van der Waals surface area contributed by atoms with E-state index < -0.39 is 0 Å². The maximum Gasteiger partial charge on any atom is 0.194 e. The second-order valence-electron chi connectivity index (χ2n) is 8.26. The Kier molecular flexibility index (Phi) is 9.47. The Balaban J connectivity index is 0.00000289. The minimum absolute atomic E-state index is 0. The molecule has 0 spiro atoms. The lowest BCUT2D eigenvalue weighted by atomic mass is 9.89. The molecule has 2 atom stereocenters. The summed E-state index contributed by atoms with van der Waals surface area (Å²) in [6, 6.07) is 18.1. The molecule has 6 nitrogen and oxygen atoms in total. The molecule has 0 saturated carbocycles. The standard InChI is InChI=1S/C25H34N4O2.HI/c1-2-26-25(29-16-14-28(15-17-29)22-12-6-7-13-23(22)30)27-19-21-11-8-18-31-24(21)20-9-4-3-5-10-20;/h3-7,9-10,12-13,21,24,30H,2,8,11,14-19H2,1H3,(H,26,27);1H. The van der Waals surface area contributed by atoms with Gasteiger partial charge in [0, 0.05) is 51.8 Å². The van der Waals surface area contributed by atoms with Crippen molar-refractivity contribution in [3.8, 4) is 5.75 Å². The van der Waals surface area contributed by atoms with Crippen LogP contribution in [0, 0.1) is 5.92 Å². The molecule has 2 N–H and O–H groups in total. The first-order valence-electron chi connectivity index (χ1n) is 11.5. The highest BCUT2D eigenvalue weighted by molar-refractivity contribution is 14.0. The van der Waals surface area contributed by atoms with E-state index in [1.165, 1.54) is 5.56 Å². The van der Waals surface area contributed by atoms with Crippen LogP contribution in [0.3, 0.4) is 0 Å². The Morgan fingerprint density at radius 1 is 1.06 bits per heavy atom. The highest BCUT2D eigenvalue weighted by Crippen LogP contribution is 2.34. The predicted molar refractivity (Wildman–Crippen MR) is 141 cm³/mol. The number of hydrogen-bond donors (Lipinski definition) is 2. The van der Waals surface area contributed by atoms with Crippen molar-refractivity contribution in [3.63, 3.8) is 0 Å². The number of ether oxygens (including phenoxy) is 1. The summed E-state index contributed by atoms with van der Waals surface area (Å²) in [5.41, 5.74) is 2.16. The van der Waals surface area contributed by atoms with Gasteiger partial charge < -0.3 is 25.0 Å². The fourth-order valence-corrected chi connectivity index (χ4v) is 4.56. The zero-order chi connectivity index (χ0) is 21.5. The number of para-hydroxylation sites is 2. The molecule has 4 rings (SSSR count).